The maximum atomic E-state index is 14.1. The van der Waals surface area contributed by atoms with Crippen molar-refractivity contribution in [3.05, 3.63) is 83.1 Å². The predicted octanol–water partition coefficient (Wildman–Crippen LogP) is 6.38. The van der Waals surface area contributed by atoms with Gasteiger partial charge in [0.1, 0.15) is 6.07 Å². The first-order chi connectivity index (χ1) is 21.9. The Bertz CT molecular complexity index is 2020. The van der Waals surface area contributed by atoms with Gasteiger partial charge in [-0.05, 0) is 53.5 Å². The van der Waals surface area contributed by atoms with Crippen molar-refractivity contribution in [1.82, 2.24) is 25.9 Å². The van der Waals surface area contributed by atoms with Crippen molar-refractivity contribution < 1.29 is 13.2 Å². The minimum atomic E-state index is -4.44. The van der Waals surface area contributed by atoms with Gasteiger partial charge in [-0.15, -0.1) is 12.0 Å². The third kappa shape index (κ3) is 5.36. The second-order valence-electron chi connectivity index (χ2n) is 12.7. The van der Waals surface area contributed by atoms with Gasteiger partial charge in [0.2, 0.25) is 0 Å². The first kappa shape index (κ1) is 30.5. The van der Waals surface area contributed by atoms with Crippen LogP contribution in [0.5, 0.6) is 0 Å². The number of fused-ring (bicyclic) bond motifs is 2. The zero-order chi connectivity index (χ0) is 32.9. The second-order valence-corrected chi connectivity index (χ2v) is 12.7. The van der Waals surface area contributed by atoms with E-state index in [0.717, 1.165) is 5.01 Å². The van der Waals surface area contributed by atoms with E-state index >= 15 is 0 Å². The number of nitrogens with zero attached hydrogens (tertiary/aromatic N) is 5. The molecule has 0 radical (unpaired) electrons. The standard InChI is InChI=1S/C34H30F3N9/c1-5-20-16-41-30-22(15-39)12-23(13-26(30)29(20)42-19-32(2,3)4)43-31(25-7-6-21(14-38)27-17-40-11-8-24(25)27)28-18-46(45-44-28)33(9-10-33)34(35,36)37/h1,6-8,11-13,16-18,31,43-45H,9-10,19H2,2-4H3,(H,41,42)/t31-/m0/s1. The lowest BCUT2D eigenvalue weighted by Gasteiger charge is -2.28. The largest absolute Gasteiger partial charge is 0.413 e. The molecular weight excluding hydrogens is 591 g/mol. The van der Waals surface area contributed by atoms with Gasteiger partial charge >= 0.3 is 6.18 Å². The normalized spacial score (nSPS) is 16.2. The number of anilines is 2. The summed E-state index contributed by atoms with van der Waals surface area (Å²) in [6.45, 7) is 6.84. The highest BCUT2D eigenvalue weighted by atomic mass is 19.4. The molecule has 1 aliphatic carbocycles. The van der Waals surface area contributed by atoms with E-state index in [1.165, 1.54) is 6.20 Å². The second kappa shape index (κ2) is 11.1. The van der Waals surface area contributed by atoms with E-state index in [9.17, 15) is 23.7 Å². The number of terminal acetylenes is 1. The van der Waals surface area contributed by atoms with Crippen molar-refractivity contribution in [1.29, 1.82) is 10.5 Å². The van der Waals surface area contributed by atoms with Crippen molar-refractivity contribution in [2.75, 3.05) is 17.2 Å². The first-order valence-corrected chi connectivity index (χ1v) is 14.6. The number of rotatable bonds is 7. The summed E-state index contributed by atoms with van der Waals surface area (Å²) >= 11 is 0. The molecule has 6 rings (SSSR count). The summed E-state index contributed by atoms with van der Waals surface area (Å²) in [7, 11) is 0. The molecule has 0 unspecified atom stereocenters. The molecule has 2 aromatic carbocycles. The van der Waals surface area contributed by atoms with Crippen molar-refractivity contribution in [2.45, 2.75) is 51.4 Å². The van der Waals surface area contributed by atoms with E-state index in [-0.39, 0.29) is 23.8 Å². The number of nitriles is 2. The van der Waals surface area contributed by atoms with Crippen LogP contribution in [0, 0.1) is 40.4 Å². The molecule has 0 amide bonds. The molecule has 1 atom stereocenters. The van der Waals surface area contributed by atoms with Gasteiger partial charge in [-0.1, -0.05) is 32.8 Å². The van der Waals surface area contributed by atoms with Crippen LogP contribution in [0.1, 0.15) is 61.9 Å². The van der Waals surface area contributed by atoms with Crippen molar-refractivity contribution >= 4 is 33.1 Å². The van der Waals surface area contributed by atoms with Crippen molar-refractivity contribution in [3.63, 3.8) is 0 Å². The zero-order valence-corrected chi connectivity index (χ0v) is 25.3. The van der Waals surface area contributed by atoms with Gasteiger partial charge in [-0.2, -0.15) is 23.7 Å². The minimum Gasteiger partial charge on any atom is -0.383 e. The summed E-state index contributed by atoms with van der Waals surface area (Å²) in [5.74, 6) is 2.67. The molecule has 3 heterocycles. The first-order valence-electron chi connectivity index (χ1n) is 14.6. The lowest BCUT2D eigenvalue weighted by atomic mass is 9.94. The molecule has 2 aliphatic rings. The molecular formula is C34H30F3N9. The Balaban J connectivity index is 1.51. The number of hydrogen-bond acceptors (Lipinski definition) is 9. The number of alkyl halides is 3. The Morgan fingerprint density at radius 3 is 2.43 bits per heavy atom. The Morgan fingerprint density at radius 2 is 1.78 bits per heavy atom. The van der Waals surface area contributed by atoms with E-state index in [2.05, 4.69) is 70.4 Å². The molecule has 0 saturated heterocycles. The summed E-state index contributed by atoms with van der Waals surface area (Å²) in [5, 5.41) is 29.8. The number of hydrogen-bond donors (Lipinski definition) is 4. The molecule has 0 bridgehead atoms. The van der Waals surface area contributed by atoms with E-state index in [1.54, 1.807) is 42.9 Å². The summed E-state index contributed by atoms with van der Waals surface area (Å²) in [6.07, 6.45) is 7.48. The predicted molar refractivity (Wildman–Crippen MR) is 169 cm³/mol. The number of aromatic nitrogens is 2. The Labute approximate surface area is 264 Å². The van der Waals surface area contributed by atoms with Gasteiger partial charge in [0.15, 0.2) is 5.54 Å². The molecule has 1 fully saturated rings. The fourth-order valence-corrected chi connectivity index (χ4v) is 5.66. The number of nitrogens with one attached hydrogen (secondary N) is 4. The molecule has 46 heavy (non-hydrogen) atoms. The van der Waals surface area contributed by atoms with Crippen LogP contribution in [-0.2, 0) is 0 Å². The summed E-state index contributed by atoms with van der Waals surface area (Å²) in [6, 6.07) is 12.3. The maximum Gasteiger partial charge on any atom is 0.413 e. The molecule has 4 aromatic rings. The quantitative estimate of drug-likeness (QED) is 0.174. The van der Waals surface area contributed by atoms with E-state index in [1.807, 2.05) is 6.07 Å². The summed E-state index contributed by atoms with van der Waals surface area (Å²) < 4.78 is 42.2. The van der Waals surface area contributed by atoms with E-state index < -0.39 is 17.8 Å². The van der Waals surface area contributed by atoms with Crippen LogP contribution in [0.4, 0.5) is 24.5 Å². The molecule has 1 aliphatic heterocycles. The summed E-state index contributed by atoms with van der Waals surface area (Å²) in [5.41, 5.74) is 7.48. The average Bonchev–Trinajstić information content (AvgIpc) is 3.72. The maximum absolute atomic E-state index is 14.1. The van der Waals surface area contributed by atoms with Crippen LogP contribution in [0.15, 0.2) is 60.8 Å². The molecule has 0 spiro atoms. The third-order valence-corrected chi connectivity index (χ3v) is 8.25. The molecule has 232 valence electrons. The smallest absolute Gasteiger partial charge is 0.383 e. The lowest BCUT2D eigenvalue weighted by molar-refractivity contribution is -0.195. The Kier molecular flexibility index (Phi) is 7.39. The van der Waals surface area contributed by atoms with Crippen LogP contribution in [0.25, 0.3) is 21.7 Å². The van der Waals surface area contributed by atoms with Crippen LogP contribution in [0.2, 0.25) is 0 Å². The Hall–Kier alpha value is -5.51. The van der Waals surface area contributed by atoms with E-state index in [0.29, 0.717) is 62.0 Å². The highest BCUT2D eigenvalue weighted by Gasteiger charge is 2.67. The average molecular weight is 622 g/mol. The van der Waals surface area contributed by atoms with Crippen LogP contribution in [0.3, 0.4) is 0 Å². The molecule has 1 saturated carbocycles. The minimum absolute atomic E-state index is 0.0381. The third-order valence-electron chi connectivity index (χ3n) is 8.25. The highest BCUT2D eigenvalue weighted by molar-refractivity contribution is 5.99. The molecule has 9 nitrogen and oxygen atoms in total. The topological polar surface area (TPSA) is 125 Å². The van der Waals surface area contributed by atoms with E-state index in [4.69, 9.17) is 6.42 Å². The van der Waals surface area contributed by atoms with Gasteiger partial charge in [-0.3, -0.25) is 15.0 Å². The van der Waals surface area contributed by atoms with Gasteiger partial charge in [0, 0.05) is 47.8 Å². The van der Waals surface area contributed by atoms with Gasteiger partial charge < -0.3 is 16.1 Å². The lowest BCUT2D eigenvalue weighted by Crippen LogP contribution is -2.52. The molecule has 4 N–H and O–H groups in total. The van der Waals surface area contributed by atoms with Crippen LogP contribution >= 0.6 is 0 Å². The SMILES string of the molecule is C#Cc1cnc2c(C#N)cc(N[C@H](C3=CN(C4(C(F)(F)F)CC4)NN3)c3ccc(C#N)c4cnccc34)cc2c1NCC(C)(C)C. The monoisotopic (exact) mass is 621 g/mol. The number of benzene rings is 2. The summed E-state index contributed by atoms with van der Waals surface area (Å²) in [4.78, 5) is 8.68. The number of hydrazine groups is 2. The van der Waals surface area contributed by atoms with Gasteiger partial charge in [0.25, 0.3) is 0 Å². The number of halogens is 3. The Morgan fingerprint density at radius 1 is 1.02 bits per heavy atom. The van der Waals surface area contributed by atoms with Crippen LogP contribution in [-0.4, -0.2) is 33.2 Å². The highest BCUT2D eigenvalue weighted by Crippen LogP contribution is 2.54. The van der Waals surface area contributed by atoms with Crippen LogP contribution < -0.4 is 21.6 Å². The fraction of sp³-hybridized carbons (Fsp3) is 0.294. The molecule has 12 heteroatoms. The van der Waals surface area contributed by atoms with Crippen molar-refractivity contribution in [3.8, 4) is 24.5 Å². The zero-order valence-electron chi connectivity index (χ0n) is 25.3. The van der Waals surface area contributed by atoms with Gasteiger partial charge in [0.05, 0.1) is 45.7 Å². The molecule has 2 aromatic heterocycles. The number of pyridine rings is 2. The van der Waals surface area contributed by atoms with Crippen molar-refractivity contribution in [2.24, 2.45) is 5.41 Å². The fourth-order valence-electron chi connectivity index (χ4n) is 5.66. The van der Waals surface area contributed by atoms with Gasteiger partial charge in [-0.25, -0.2) is 0 Å².